The molecule has 0 aliphatic rings. The van der Waals surface area contributed by atoms with Gasteiger partial charge in [0.1, 0.15) is 5.88 Å². The molecule has 0 aromatic carbocycles. The summed E-state index contributed by atoms with van der Waals surface area (Å²) in [5, 5.41) is 3.71. The smallest absolute Gasteiger partial charge is 0.335 e. The summed E-state index contributed by atoms with van der Waals surface area (Å²) in [4.78, 5) is 21.4. The molecule has 0 bridgehead atoms. The van der Waals surface area contributed by atoms with Gasteiger partial charge in [-0.15, -0.1) is 11.6 Å². The summed E-state index contributed by atoms with van der Waals surface area (Å²) >= 11 is 5.07. The third-order valence-corrected chi connectivity index (χ3v) is 1.53. The van der Waals surface area contributed by atoms with E-state index in [1.54, 1.807) is 5.32 Å². The molecule has 0 aliphatic heterocycles. The van der Waals surface area contributed by atoms with Crippen molar-refractivity contribution in [1.29, 1.82) is 0 Å². The summed E-state index contributed by atoms with van der Waals surface area (Å²) in [6.07, 6.45) is -5.52. The average molecular weight is 247 g/mol. The Labute approximate surface area is 89.2 Å². The standard InChI is InChI=1S/C7H10ClF3N2O2/c1-4(2-7(9,10)11)12-6(15)13-5(14)3-8/h4H,2-3H2,1H3,(H2,12,13,14,15). The maximum Gasteiger partial charge on any atom is 0.391 e. The second-order valence-corrected chi connectivity index (χ2v) is 3.14. The number of imide groups is 1. The Hall–Kier alpha value is -0.980. The van der Waals surface area contributed by atoms with Crippen LogP contribution in [0.3, 0.4) is 0 Å². The lowest BCUT2D eigenvalue weighted by atomic mass is 10.2. The molecular formula is C7H10ClF3N2O2. The maximum absolute atomic E-state index is 11.8. The summed E-state index contributed by atoms with van der Waals surface area (Å²) in [5.41, 5.74) is 0. The quantitative estimate of drug-likeness (QED) is 0.740. The van der Waals surface area contributed by atoms with Crippen LogP contribution in [0.1, 0.15) is 13.3 Å². The molecule has 0 saturated carbocycles. The number of hydrogen-bond acceptors (Lipinski definition) is 2. The number of hydrogen-bond donors (Lipinski definition) is 2. The number of carbonyl (C=O) groups is 2. The molecular weight excluding hydrogens is 237 g/mol. The van der Waals surface area contributed by atoms with Gasteiger partial charge in [0.25, 0.3) is 0 Å². The molecule has 2 N–H and O–H groups in total. The van der Waals surface area contributed by atoms with Gasteiger partial charge in [0.2, 0.25) is 5.91 Å². The Morgan fingerprint density at radius 2 is 1.93 bits per heavy atom. The third-order valence-electron chi connectivity index (χ3n) is 1.29. The van der Waals surface area contributed by atoms with E-state index in [1.165, 1.54) is 6.92 Å². The van der Waals surface area contributed by atoms with Crippen LogP contribution in [0.15, 0.2) is 0 Å². The van der Waals surface area contributed by atoms with Crippen molar-refractivity contribution in [2.45, 2.75) is 25.6 Å². The first-order valence-corrected chi connectivity index (χ1v) is 4.51. The summed E-state index contributed by atoms with van der Waals surface area (Å²) in [7, 11) is 0. The average Bonchev–Trinajstić information content (AvgIpc) is 1.99. The molecule has 0 heterocycles. The minimum atomic E-state index is -4.36. The van der Waals surface area contributed by atoms with Crippen molar-refractivity contribution in [2.24, 2.45) is 0 Å². The van der Waals surface area contributed by atoms with Crippen molar-refractivity contribution in [3.63, 3.8) is 0 Å². The van der Waals surface area contributed by atoms with Gasteiger partial charge in [0, 0.05) is 6.04 Å². The molecule has 0 saturated heterocycles. The highest BCUT2D eigenvalue weighted by atomic mass is 35.5. The summed E-state index contributed by atoms with van der Waals surface area (Å²) in [6, 6.07) is -2.09. The largest absolute Gasteiger partial charge is 0.391 e. The van der Waals surface area contributed by atoms with Crippen LogP contribution >= 0.6 is 11.6 Å². The Morgan fingerprint density at radius 3 is 2.33 bits per heavy atom. The first-order chi connectivity index (χ1) is 6.74. The zero-order chi connectivity index (χ0) is 12.1. The van der Waals surface area contributed by atoms with Gasteiger partial charge in [-0.3, -0.25) is 10.1 Å². The molecule has 4 nitrogen and oxygen atoms in total. The van der Waals surface area contributed by atoms with E-state index < -0.39 is 36.5 Å². The van der Waals surface area contributed by atoms with Crippen LogP contribution in [-0.4, -0.2) is 30.0 Å². The van der Waals surface area contributed by atoms with E-state index >= 15 is 0 Å². The van der Waals surface area contributed by atoms with Crippen LogP contribution in [0.5, 0.6) is 0 Å². The Bertz CT molecular complexity index is 245. The van der Waals surface area contributed by atoms with Crippen molar-refractivity contribution >= 4 is 23.5 Å². The van der Waals surface area contributed by atoms with E-state index in [-0.39, 0.29) is 0 Å². The first kappa shape index (κ1) is 14.0. The van der Waals surface area contributed by atoms with Gasteiger partial charge in [0.15, 0.2) is 0 Å². The fraction of sp³-hybridized carbons (Fsp3) is 0.714. The number of urea groups is 1. The molecule has 8 heteroatoms. The molecule has 0 rings (SSSR count). The predicted molar refractivity (Wildman–Crippen MR) is 47.5 cm³/mol. The van der Waals surface area contributed by atoms with Crippen LogP contribution in [-0.2, 0) is 4.79 Å². The number of alkyl halides is 4. The molecule has 0 aromatic rings. The zero-order valence-corrected chi connectivity index (χ0v) is 8.58. The van der Waals surface area contributed by atoms with Crippen LogP contribution in [0.25, 0.3) is 0 Å². The topological polar surface area (TPSA) is 58.2 Å². The van der Waals surface area contributed by atoms with E-state index in [0.717, 1.165) is 0 Å². The molecule has 88 valence electrons. The van der Waals surface area contributed by atoms with Gasteiger partial charge >= 0.3 is 12.2 Å². The van der Waals surface area contributed by atoms with E-state index in [4.69, 9.17) is 11.6 Å². The maximum atomic E-state index is 11.8. The predicted octanol–water partition coefficient (Wildman–Crippen LogP) is 1.39. The number of carbonyl (C=O) groups excluding carboxylic acids is 2. The molecule has 15 heavy (non-hydrogen) atoms. The number of halogens is 4. The van der Waals surface area contributed by atoms with E-state index in [2.05, 4.69) is 0 Å². The summed E-state index contributed by atoms with van der Waals surface area (Å²) < 4.78 is 35.5. The van der Waals surface area contributed by atoms with Gasteiger partial charge in [-0.25, -0.2) is 4.79 Å². The SMILES string of the molecule is CC(CC(F)(F)F)NC(=O)NC(=O)CCl. The van der Waals surface area contributed by atoms with Crippen molar-refractivity contribution in [2.75, 3.05) is 5.88 Å². The molecule has 1 atom stereocenters. The minimum absolute atomic E-state index is 0.429. The van der Waals surface area contributed by atoms with Crippen LogP contribution in [0.2, 0.25) is 0 Å². The molecule has 0 spiro atoms. The fourth-order valence-corrected chi connectivity index (χ4v) is 0.885. The van der Waals surface area contributed by atoms with Crippen molar-refractivity contribution < 1.29 is 22.8 Å². The zero-order valence-electron chi connectivity index (χ0n) is 7.82. The number of nitrogens with one attached hydrogen (secondary N) is 2. The lowest BCUT2D eigenvalue weighted by Crippen LogP contribution is -2.45. The lowest BCUT2D eigenvalue weighted by Gasteiger charge is -2.15. The second-order valence-electron chi connectivity index (χ2n) is 2.88. The molecule has 3 amide bonds. The molecule has 0 aromatic heterocycles. The molecule has 1 unspecified atom stereocenters. The van der Waals surface area contributed by atoms with Gasteiger partial charge in [-0.05, 0) is 6.92 Å². The number of amides is 3. The highest BCUT2D eigenvalue weighted by Crippen LogP contribution is 2.21. The van der Waals surface area contributed by atoms with Crippen molar-refractivity contribution in [3.05, 3.63) is 0 Å². The second kappa shape index (κ2) is 5.79. The van der Waals surface area contributed by atoms with E-state index in [0.29, 0.717) is 0 Å². The van der Waals surface area contributed by atoms with Crippen LogP contribution in [0.4, 0.5) is 18.0 Å². The third kappa shape index (κ3) is 8.04. The molecule has 0 aliphatic carbocycles. The van der Waals surface area contributed by atoms with Crippen molar-refractivity contribution in [3.8, 4) is 0 Å². The van der Waals surface area contributed by atoms with Gasteiger partial charge in [0.05, 0.1) is 6.42 Å². The van der Waals surface area contributed by atoms with Crippen LogP contribution in [0, 0.1) is 0 Å². The Kier molecular flexibility index (Phi) is 5.41. The molecule has 0 fully saturated rings. The lowest BCUT2D eigenvalue weighted by molar-refractivity contribution is -0.138. The Balaban J connectivity index is 3.92. The monoisotopic (exact) mass is 246 g/mol. The van der Waals surface area contributed by atoms with Gasteiger partial charge in [-0.1, -0.05) is 0 Å². The highest BCUT2D eigenvalue weighted by molar-refractivity contribution is 6.28. The fourth-order valence-electron chi connectivity index (χ4n) is 0.818. The number of rotatable bonds is 3. The molecule has 0 radical (unpaired) electrons. The Morgan fingerprint density at radius 1 is 1.40 bits per heavy atom. The normalized spacial score (nSPS) is 13.1. The highest BCUT2D eigenvalue weighted by Gasteiger charge is 2.30. The first-order valence-electron chi connectivity index (χ1n) is 3.97. The van der Waals surface area contributed by atoms with Gasteiger partial charge in [-0.2, -0.15) is 13.2 Å². The van der Waals surface area contributed by atoms with E-state index in [9.17, 15) is 22.8 Å². The van der Waals surface area contributed by atoms with E-state index in [1.807, 2.05) is 5.32 Å². The minimum Gasteiger partial charge on any atom is -0.335 e. The van der Waals surface area contributed by atoms with Crippen LogP contribution < -0.4 is 10.6 Å². The summed E-state index contributed by atoms with van der Waals surface area (Å²) in [6.45, 7) is 1.18. The van der Waals surface area contributed by atoms with Crippen molar-refractivity contribution in [1.82, 2.24) is 10.6 Å². The van der Waals surface area contributed by atoms with Gasteiger partial charge < -0.3 is 5.32 Å². The summed E-state index contributed by atoms with van der Waals surface area (Å²) in [5.74, 6) is -1.20.